The van der Waals surface area contributed by atoms with Crippen LogP contribution >= 0.6 is 0 Å². The van der Waals surface area contributed by atoms with Crippen LogP contribution in [-0.2, 0) is 22.5 Å². The first-order valence-corrected chi connectivity index (χ1v) is 10.5. The Morgan fingerprint density at radius 2 is 1.68 bits per heavy atom. The van der Waals surface area contributed by atoms with Gasteiger partial charge in [0, 0.05) is 18.0 Å². The van der Waals surface area contributed by atoms with Crippen molar-refractivity contribution in [2.45, 2.75) is 52.3 Å². The zero-order valence-corrected chi connectivity index (χ0v) is 18.0. The summed E-state index contributed by atoms with van der Waals surface area (Å²) >= 11 is 0. The first-order valence-electron chi connectivity index (χ1n) is 10.5. The second-order valence-corrected chi connectivity index (χ2v) is 7.50. The average molecular weight is 421 g/mol. The quantitative estimate of drug-likeness (QED) is 0.565. The van der Waals surface area contributed by atoms with Crippen LogP contribution in [0.1, 0.15) is 43.2 Å². The van der Waals surface area contributed by atoms with E-state index in [1.54, 1.807) is 31.2 Å². The molecule has 3 aromatic rings. The van der Waals surface area contributed by atoms with Gasteiger partial charge in [-0.15, -0.1) is 0 Å². The normalized spacial score (nSPS) is 12.9. The van der Waals surface area contributed by atoms with Gasteiger partial charge in [-0.3, -0.25) is 9.59 Å². The summed E-state index contributed by atoms with van der Waals surface area (Å²) in [5.41, 5.74) is 0.952. The second kappa shape index (κ2) is 10.0. The third-order valence-corrected chi connectivity index (χ3v) is 5.11. The fourth-order valence-electron chi connectivity index (χ4n) is 3.33. The van der Waals surface area contributed by atoms with Gasteiger partial charge in [0.15, 0.2) is 11.8 Å². The van der Waals surface area contributed by atoms with Crippen LogP contribution in [0, 0.1) is 0 Å². The number of esters is 1. The summed E-state index contributed by atoms with van der Waals surface area (Å²) in [5, 5.41) is 7.83. The molecule has 0 radical (unpaired) electrons. The van der Waals surface area contributed by atoms with Crippen molar-refractivity contribution in [2.24, 2.45) is 0 Å². The van der Waals surface area contributed by atoms with Gasteiger partial charge < -0.3 is 10.1 Å². The van der Waals surface area contributed by atoms with Crippen molar-refractivity contribution < 1.29 is 14.3 Å². The number of aryl methyl sites for hydroxylation is 2. The highest BCUT2D eigenvalue weighted by atomic mass is 16.5. The van der Waals surface area contributed by atoms with E-state index in [2.05, 4.69) is 10.4 Å². The molecule has 1 N–H and O–H groups in total. The highest BCUT2D eigenvalue weighted by Gasteiger charge is 2.24. The molecule has 3 rings (SSSR count). The Balaban J connectivity index is 1.65. The van der Waals surface area contributed by atoms with E-state index < -0.39 is 12.1 Å². The molecule has 0 aliphatic carbocycles. The molecule has 31 heavy (non-hydrogen) atoms. The molecule has 7 nitrogen and oxygen atoms in total. The predicted octanol–water partition coefficient (Wildman–Crippen LogP) is 3.10. The van der Waals surface area contributed by atoms with E-state index >= 15 is 0 Å². The number of hydrogen-bond donors (Lipinski definition) is 1. The van der Waals surface area contributed by atoms with Gasteiger partial charge in [-0.1, -0.05) is 48.5 Å². The molecule has 0 unspecified atom stereocenters. The van der Waals surface area contributed by atoms with Gasteiger partial charge in [-0.25, -0.2) is 9.48 Å². The lowest BCUT2D eigenvalue weighted by Crippen LogP contribution is -2.41. The van der Waals surface area contributed by atoms with E-state index in [4.69, 9.17) is 4.74 Å². The molecule has 0 saturated heterocycles. The van der Waals surface area contributed by atoms with Crippen LogP contribution in [-0.4, -0.2) is 33.8 Å². The van der Waals surface area contributed by atoms with Crippen LogP contribution in [0.3, 0.4) is 0 Å². The maximum absolute atomic E-state index is 12.8. The van der Waals surface area contributed by atoms with E-state index in [0.717, 1.165) is 12.8 Å². The lowest BCUT2D eigenvalue weighted by Gasteiger charge is -2.18. The van der Waals surface area contributed by atoms with E-state index in [1.807, 2.05) is 37.3 Å². The largest absolute Gasteiger partial charge is 0.448 e. The minimum Gasteiger partial charge on any atom is -0.448 e. The molecule has 7 heteroatoms. The van der Waals surface area contributed by atoms with Crippen molar-refractivity contribution in [1.82, 2.24) is 15.1 Å². The lowest BCUT2D eigenvalue weighted by molar-refractivity contribution is -0.129. The first kappa shape index (κ1) is 22.2. The molecule has 1 heterocycles. The maximum atomic E-state index is 12.8. The molecule has 1 amide bonds. The number of carbonyl (C=O) groups excluding carboxylic acids is 2. The lowest BCUT2D eigenvalue weighted by atomic mass is 10.1. The van der Waals surface area contributed by atoms with Crippen LogP contribution in [0.2, 0.25) is 0 Å². The Hall–Kier alpha value is -3.48. The minimum absolute atomic E-state index is 0.0221. The molecule has 1 aromatic heterocycles. The van der Waals surface area contributed by atoms with Crippen molar-refractivity contribution in [3.05, 3.63) is 76.2 Å². The maximum Gasteiger partial charge on any atom is 0.360 e. The molecule has 2 aromatic carbocycles. The van der Waals surface area contributed by atoms with E-state index in [-0.39, 0.29) is 23.2 Å². The number of nitrogens with one attached hydrogen (secondary N) is 1. The first-order chi connectivity index (χ1) is 14.9. The highest BCUT2D eigenvalue weighted by Crippen LogP contribution is 2.15. The summed E-state index contributed by atoms with van der Waals surface area (Å²) in [5.74, 6) is -1.11. The Labute approximate surface area is 181 Å². The monoisotopic (exact) mass is 421 g/mol. The number of carbonyl (C=O) groups is 2. The van der Waals surface area contributed by atoms with E-state index in [1.165, 1.54) is 17.2 Å². The third kappa shape index (κ3) is 5.36. The molecular weight excluding hydrogens is 394 g/mol. The van der Waals surface area contributed by atoms with Gasteiger partial charge in [-0.05, 0) is 45.2 Å². The number of aromatic nitrogens is 2. The molecule has 0 bridgehead atoms. The van der Waals surface area contributed by atoms with Gasteiger partial charge in [0.25, 0.3) is 11.5 Å². The van der Waals surface area contributed by atoms with Crippen molar-refractivity contribution in [3.8, 4) is 0 Å². The van der Waals surface area contributed by atoms with Crippen LogP contribution in [0.4, 0.5) is 0 Å². The minimum atomic E-state index is -0.991. The topological polar surface area (TPSA) is 90.3 Å². The van der Waals surface area contributed by atoms with Gasteiger partial charge >= 0.3 is 5.97 Å². The number of rotatable bonds is 8. The van der Waals surface area contributed by atoms with Crippen LogP contribution < -0.4 is 10.9 Å². The summed E-state index contributed by atoms with van der Waals surface area (Å²) in [4.78, 5) is 37.7. The third-order valence-electron chi connectivity index (χ3n) is 5.11. The Morgan fingerprint density at radius 3 is 2.35 bits per heavy atom. The highest BCUT2D eigenvalue weighted by molar-refractivity contribution is 6.02. The van der Waals surface area contributed by atoms with E-state index in [9.17, 15) is 14.4 Å². The number of fused-ring (bicyclic) bond motifs is 1. The number of amides is 1. The Kier molecular flexibility index (Phi) is 7.18. The molecule has 0 fully saturated rings. The fourth-order valence-corrected chi connectivity index (χ4v) is 3.33. The smallest absolute Gasteiger partial charge is 0.360 e. The molecule has 0 spiro atoms. The fraction of sp³-hybridized carbons (Fsp3) is 0.333. The summed E-state index contributed by atoms with van der Waals surface area (Å²) in [6.45, 7) is 5.53. The molecule has 2 atom stereocenters. The second-order valence-electron chi connectivity index (χ2n) is 7.50. The number of hydrogen-bond acceptors (Lipinski definition) is 5. The van der Waals surface area contributed by atoms with E-state index in [0.29, 0.717) is 17.3 Å². The number of ether oxygens (including phenoxy) is 1. The van der Waals surface area contributed by atoms with Crippen LogP contribution in [0.25, 0.3) is 10.8 Å². The van der Waals surface area contributed by atoms with Crippen molar-refractivity contribution >= 4 is 22.6 Å². The zero-order chi connectivity index (χ0) is 22.4. The number of nitrogens with zero attached hydrogens (tertiary/aromatic N) is 2. The van der Waals surface area contributed by atoms with Crippen molar-refractivity contribution in [2.75, 3.05) is 0 Å². The molecular formula is C24H27N3O4. The average Bonchev–Trinajstić information content (AvgIpc) is 2.78. The van der Waals surface area contributed by atoms with Crippen LogP contribution in [0.5, 0.6) is 0 Å². The van der Waals surface area contributed by atoms with Gasteiger partial charge in [-0.2, -0.15) is 5.10 Å². The zero-order valence-electron chi connectivity index (χ0n) is 18.0. The predicted molar refractivity (Wildman–Crippen MR) is 119 cm³/mol. The van der Waals surface area contributed by atoms with Crippen LogP contribution in [0.15, 0.2) is 59.4 Å². The Bertz CT molecular complexity index is 1120. The van der Waals surface area contributed by atoms with Crippen molar-refractivity contribution in [3.63, 3.8) is 0 Å². The number of benzene rings is 2. The summed E-state index contributed by atoms with van der Waals surface area (Å²) in [6.07, 6.45) is 0.615. The van der Waals surface area contributed by atoms with Crippen molar-refractivity contribution in [1.29, 1.82) is 0 Å². The molecule has 162 valence electrons. The summed E-state index contributed by atoms with van der Waals surface area (Å²) in [7, 11) is 0. The SMILES string of the molecule is CCn1nc(C(=O)O[C@H](C)C(=O)N[C@@H](C)CCc2ccccc2)c2ccccc2c1=O. The van der Waals surface area contributed by atoms with Gasteiger partial charge in [0.1, 0.15) is 0 Å². The Morgan fingerprint density at radius 1 is 1.03 bits per heavy atom. The molecule has 0 aliphatic rings. The molecule has 0 saturated carbocycles. The summed E-state index contributed by atoms with van der Waals surface area (Å²) in [6, 6.07) is 16.7. The van der Waals surface area contributed by atoms with Gasteiger partial charge in [0.2, 0.25) is 0 Å². The van der Waals surface area contributed by atoms with Gasteiger partial charge in [0.05, 0.1) is 5.39 Å². The summed E-state index contributed by atoms with van der Waals surface area (Å²) < 4.78 is 6.60. The molecule has 0 aliphatic heterocycles. The standard InChI is InChI=1S/C24H27N3O4/c1-4-27-23(29)20-13-9-8-12-19(20)21(26-27)24(30)31-17(3)22(28)25-16(2)14-15-18-10-6-5-7-11-18/h5-13,16-17H,4,14-15H2,1-3H3,(H,25,28)/t16-,17+/m0/s1.